The summed E-state index contributed by atoms with van der Waals surface area (Å²) < 4.78 is 3.05. The number of hydrogen-bond acceptors (Lipinski definition) is 4. The van der Waals surface area contributed by atoms with Crippen molar-refractivity contribution in [2.24, 2.45) is 0 Å². The average molecular weight is 363 g/mol. The van der Waals surface area contributed by atoms with Gasteiger partial charge in [0.15, 0.2) is 5.82 Å². The fraction of sp³-hybridized carbons (Fsp3) is 0.150. The summed E-state index contributed by atoms with van der Waals surface area (Å²) in [6, 6.07) is 15.5. The van der Waals surface area contributed by atoms with Crippen molar-refractivity contribution in [3.05, 3.63) is 96.9 Å². The van der Waals surface area contributed by atoms with Crippen molar-refractivity contribution in [2.75, 3.05) is 0 Å². The number of hydrogen-bond donors (Lipinski definition) is 0. The van der Waals surface area contributed by atoms with Gasteiger partial charge >= 0.3 is 5.69 Å². The Morgan fingerprint density at radius 3 is 2.69 bits per heavy atom. The molecule has 0 amide bonds. The van der Waals surface area contributed by atoms with Crippen LogP contribution < -0.4 is 11.2 Å². The maximum atomic E-state index is 12.8. The van der Waals surface area contributed by atoms with Gasteiger partial charge in [-0.3, -0.25) is 9.36 Å². The normalized spacial score (nSPS) is 11.1. The molecule has 0 radical (unpaired) electrons. The zero-order valence-corrected chi connectivity index (χ0v) is 15.1. The molecule has 0 N–H and O–H groups in total. The lowest BCUT2D eigenvalue weighted by molar-refractivity contribution is 0.684. The Hall–Kier alpha value is -2.99. The molecule has 0 saturated carbocycles. The predicted octanol–water partition coefficient (Wildman–Crippen LogP) is 2.98. The zero-order chi connectivity index (χ0) is 18.1. The third kappa shape index (κ3) is 3.11. The largest absolute Gasteiger partial charge is 0.352 e. The van der Waals surface area contributed by atoms with Gasteiger partial charge in [-0.25, -0.2) is 4.79 Å². The fourth-order valence-electron chi connectivity index (χ4n) is 3.05. The van der Waals surface area contributed by atoms with Crippen molar-refractivity contribution >= 4 is 11.3 Å². The molecule has 130 valence electrons. The van der Waals surface area contributed by atoms with E-state index in [1.165, 1.54) is 21.5 Å². The second-order valence-corrected chi connectivity index (χ2v) is 7.26. The second-order valence-electron chi connectivity index (χ2n) is 6.23. The molecule has 26 heavy (non-hydrogen) atoms. The quantitative estimate of drug-likeness (QED) is 0.560. The van der Waals surface area contributed by atoms with E-state index in [4.69, 9.17) is 0 Å². The molecule has 0 aliphatic carbocycles. The molecule has 1 aromatic carbocycles. The van der Waals surface area contributed by atoms with E-state index in [1.807, 2.05) is 59.5 Å². The summed E-state index contributed by atoms with van der Waals surface area (Å²) in [6.45, 7) is 2.85. The molecule has 2 aliphatic rings. The van der Waals surface area contributed by atoms with Gasteiger partial charge in [0, 0.05) is 17.6 Å². The van der Waals surface area contributed by atoms with Crippen LogP contribution in [0.15, 0.2) is 69.7 Å². The minimum atomic E-state index is -0.514. The highest BCUT2D eigenvalue weighted by molar-refractivity contribution is 7.09. The van der Waals surface area contributed by atoms with E-state index in [0.717, 1.165) is 10.4 Å². The third-order valence-corrected chi connectivity index (χ3v) is 5.14. The minimum Gasteiger partial charge on any atom is -0.328 e. The van der Waals surface area contributed by atoms with Gasteiger partial charge in [0.2, 0.25) is 0 Å². The fourth-order valence-corrected chi connectivity index (χ4v) is 3.74. The van der Waals surface area contributed by atoms with E-state index in [1.54, 1.807) is 6.07 Å². The molecule has 0 spiro atoms. The number of aryl methyl sites for hydroxylation is 1. The van der Waals surface area contributed by atoms with Gasteiger partial charge in [0.25, 0.3) is 5.56 Å². The molecular formula is C20H17N3O2S. The van der Waals surface area contributed by atoms with Crippen LogP contribution >= 0.6 is 11.3 Å². The zero-order valence-electron chi connectivity index (χ0n) is 14.3. The molecule has 5 nitrogen and oxygen atoms in total. The number of thiophene rings is 1. The molecule has 6 heteroatoms. The lowest BCUT2D eigenvalue weighted by Gasteiger charge is -2.15. The molecule has 4 rings (SSSR count). The van der Waals surface area contributed by atoms with Crippen molar-refractivity contribution < 1.29 is 0 Å². The smallest absolute Gasteiger partial charge is 0.328 e. The Morgan fingerprint density at radius 2 is 1.92 bits per heavy atom. The van der Waals surface area contributed by atoms with Gasteiger partial charge in [-0.05, 0) is 36.1 Å². The molecule has 1 aromatic heterocycles. The number of aromatic nitrogens is 3. The van der Waals surface area contributed by atoms with E-state index < -0.39 is 5.69 Å². The summed E-state index contributed by atoms with van der Waals surface area (Å²) in [5.74, 6) is 0.423. The van der Waals surface area contributed by atoms with Crippen molar-refractivity contribution in [3.8, 4) is 11.4 Å². The third-order valence-electron chi connectivity index (χ3n) is 4.28. The molecule has 0 saturated heterocycles. The molecule has 0 fully saturated rings. The number of benzene rings is 1. The van der Waals surface area contributed by atoms with Crippen LogP contribution in [-0.4, -0.2) is 14.1 Å². The van der Waals surface area contributed by atoms with Crippen molar-refractivity contribution in [2.45, 2.75) is 20.0 Å². The van der Waals surface area contributed by atoms with Gasteiger partial charge in [0.1, 0.15) is 0 Å². The summed E-state index contributed by atoms with van der Waals surface area (Å²) in [7, 11) is 0. The summed E-state index contributed by atoms with van der Waals surface area (Å²) >= 11 is 1.52. The Labute approximate surface area is 154 Å². The summed E-state index contributed by atoms with van der Waals surface area (Å²) in [4.78, 5) is 30.5. The Bertz CT molecular complexity index is 1140. The minimum absolute atomic E-state index is 0.255. The molecule has 2 aromatic rings. The van der Waals surface area contributed by atoms with Crippen LogP contribution in [0.25, 0.3) is 11.4 Å². The molecule has 3 heterocycles. The summed E-state index contributed by atoms with van der Waals surface area (Å²) in [5, 5.41) is 1.93. The van der Waals surface area contributed by atoms with Gasteiger partial charge < -0.3 is 4.57 Å². The van der Waals surface area contributed by atoms with Crippen LogP contribution in [0.3, 0.4) is 0 Å². The van der Waals surface area contributed by atoms with E-state index in [-0.39, 0.29) is 12.1 Å². The lowest BCUT2D eigenvalue weighted by Crippen LogP contribution is -2.38. The van der Waals surface area contributed by atoms with E-state index in [9.17, 15) is 9.59 Å². The number of nitrogens with zero attached hydrogens (tertiary/aromatic N) is 3. The Balaban J connectivity index is 1.80. The van der Waals surface area contributed by atoms with Crippen molar-refractivity contribution in [3.63, 3.8) is 0 Å². The molecular weight excluding hydrogens is 346 g/mol. The van der Waals surface area contributed by atoms with Gasteiger partial charge in [-0.15, -0.1) is 11.3 Å². The van der Waals surface area contributed by atoms with Gasteiger partial charge in [0.05, 0.1) is 12.1 Å². The summed E-state index contributed by atoms with van der Waals surface area (Å²) in [6.07, 6.45) is 1.85. The number of pyridine rings is 1. The van der Waals surface area contributed by atoms with E-state index >= 15 is 0 Å². The molecule has 2 aliphatic heterocycles. The van der Waals surface area contributed by atoms with Crippen molar-refractivity contribution in [1.29, 1.82) is 0 Å². The average Bonchev–Trinajstić information content (AvgIpc) is 3.13. The van der Waals surface area contributed by atoms with Crippen LogP contribution in [0.2, 0.25) is 0 Å². The van der Waals surface area contributed by atoms with Crippen LogP contribution in [0.4, 0.5) is 0 Å². The topological polar surface area (TPSA) is 56.9 Å². The molecule has 0 bridgehead atoms. The summed E-state index contributed by atoms with van der Waals surface area (Å²) in [5.41, 5.74) is 1.90. The van der Waals surface area contributed by atoms with E-state index in [2.05, 4.69) is 11.1 Å². The lowest BCUT2D eigenvalue weighted by atomic mass is 10.1. The highest BCUT2D eigenvalue weighted by Gasteiger charge is 2.17. The Kier molecular flexibility index (Phi) is 4.26. The second kappa shape index (κ2) is 6.72. The first-order valence-electron chi connectivity index (χ1n) is 8.30. The first-order chi connectivity index (χ1) is 12.6. The maximum absolute atomic E-state index is 12.8. The van der Waals surface area contributed by atoms with Crippen molar-refractivity contribution in [1.82, 2.24) is 14.1 Å². The number of rotatable bonds is 4. The van der Waals surface area contributed by atoms with Gasteiger partial charge in [-0.1, -0.05) is 35.9 Å². The predicted molar refractivity (Wildman–Crippen MR) is 103 cm³/mol. The van der Waals surface area contributed by atoms with E-state index in [0.29, 0.717) is 17.9 Å². The highest BCUT2D eigenvalue weighted by atomic mass is 32.1. The maximum Gasteiger partial charge on any atom is 0.352 e. The van der Waals surface area contributed by atoms with Gasteiger partial charge in [-0.2, -0.15) is 4.98 Å². The van der Waals surface area contributed by atoms with Crippen LogP contribution in [0, 0.1) is 6.92 Å². The molecule has 0 atom stereocenters. The van der Waals surface area contributed by atoms with Crippen LogP contribution in [-0.2, 0) is 13.1 Å². The number of fused-ring (bicyclic) bond motifs is 1. The monoisotopic (exact) mass is 363 g/mol. The molecule has 0 unspecified atom stereocenters. The highest BCUT2D eigenvalue weighted by Crippen LogP contribution is 2.16. The SMILES string of the molecule is Cc1cccc(Cn2cccc3c(=O)n(Cc4cccs4)c(=O)nc2-3)c1. The van der Waals surface area contributed by atoms with Crippen LogP contribution in [0.1, 0.15) is 16.0 Å². The van der Waals surface area contributed by atoms with Crippen LogP contribution in [0.5, 0.6) is 0 Å². The first kappa shape index (κ1) is 16.5. The Morgan fingerprint density at radius 1 is 1.04 bits per heavy atom. The first-order valence-corrected chi connectivity index (χ1v) is 9.18. The standard InChI is InChI=1S/C20H17N3O2S/c1-14-5-2-6-15(11-14)12-22-9-3-8-17-18(22)21-20(25)23(19(17)24)13-16-7-4-10-26-16/h2-11H,12-13H2,1H3.